The van der Waals surface area contributed by atoms with E-state index in [0.717, 1.165) is 27.9 Å². The van der Waals surface area contributed by atoms with Crippen LogP contribution in [0.2, 0.25) is 5.02 Å². The molecule has 0 aliphatic rings. The van der Waals surface area contributed by atoms with Gasteiger partial charge in [-0.1, -0.05) is 17.7 Å². The van der Waals surface area contributed by atoms with Crippen molar-refractivity contribution >= 4 is 28.2 Å². The van der Waals surface area contributed by atoms with Crippen LogP contribution in [-0.4, -0.2) is 17.3 Å². The minimum Gasteiger partial charge on any atom is -0.496 e. The van der Waals surface area contributed by atoms with E-state index in [-0.39, 0.29) is 0 Å². The molecule has 0 aliphatic heterocycles. The van der Waals surface area contributed by atoms with Crippen molar-refractivity contribution in [3.63, 3.8) is 0 Å². The van der Waals surface area contributed by atoms with Crippen LogP contribution >= 0.6 is 11.6 Å². The third-order valence-corrected chi connectivity index (χ3v) is 3.56. The topological polar surface area (TPSA) is 49.9 Å². The fourth-order valence-electron chi connectivity index (χ4n) is 2.14. The van der Waals surface area contributed by atoms with Crippen LogP contribution in [0, 0.1) is 0 Å². The number of nitrogens with one attached hydrogen (secondary N) is 2. The first-order chi connectivity index (χ1) is 9.78. The zero-order chi connectivity index (χ0) is 13.9. The number of aromatic nitrogens is 2. The molecule has 0 saturated heterocycles. The van der Waals surface area contributed by atoms with E-state index in [1.54, 1.807) is 13.3 Å². The quantitative estimate of drug-likeness (QED) is 0.766. The van der Waals surface area contributed by atoms with Crippen molar-refractivity contribution in [2.75, 3.05) is 12.4 Å². The van der Waals surface area contributed by atoms with Crippen LogP contribution in [0.4, 0.5) is 5.69 Å². The highest BCUT2D eigenvalue weighted by Crippen LogP contribution is 2.27. The van der Waals surface area contributed by atoms with E-state index >= 15 is 0 Å². The number of halogens is 1. The maximum absolute atomic E-state index is 6.22. The molecule has 2 aromatic carbocycles. The molecule has 0 fully saturated rings. The average Bonchev–Trinajstić information content (AvgIpc) is 2.93. The lowest BCUT2D eigenvalue weighted by Crippen LogP contribution is -2.02. The van der Waals surface area contributed by atoms with E-state index < -0.39 is 0 Å². The highest BCUT2D eigenvalue weighted by atomic mass is 35.5. The van der Waals surface area contributed by atoms with Gasteiger partial charge in [0.15, 0.2) is 0 Å². The number of aromatic amines is 1. The van der Waals surface area contributed by atoms with Gasteiger partial charge in [-0.05, 0) is 30.3 Å². The molecule has 20 heavy (non-hydrogen) atoms. The molecule has 0 bridgehead atoms. The Morgan fingerprint density at radius 3 is 3.05 bits per heavy atom. The summed E-state index contributed by atoms with van der Waals surface area (Å²) in [5.74, 6) is 0.785. The molecule has 1 heterocycles. The number of fused-ring (bicyclic) bond motifs is 1. The average molecular weight is 288 g/mol. The van der Waals surface area contributed by atoms with Crippen LogP contribution in [0.3, 0.4) is 0 Å². The molecular formula is C15H14ClN3O. The standard InChI is InChI=1S/C15H14ClN3O/c1-20-15-4-2-3-13(16)12(15)9-17-11-6-5-10-8-18-19-14(10)7-11/h2-8,17H,9H2,1H3,(H,18,19). The first-order valence-electron chi connectivity index (χ1n) is 6.26. The first-order valence-corrected chi connectivity index (χ1v) is 6.64. The lowest BCUT2D eigenvalue weighted by Gasteiger charge is -2.12. The Labute approximate surface area is 121 Å². The molecular weight excluding hydrogens is 274 g/mol. The molecule has 0 saturated carbocycles. The SMILES string of the molecule is COc1cccc(Cl)c1CNc1ccc2cn[nH]c2c1. The Morgan fingerprint density at radius 2 is 2.20 bits per heavy atom. The number of hydrogen-bond donors (Lipinski definition) is 2. The molecule has 3 rings (SSSR count). The predicted octanol–water partition coefficient (Wildman–Crippen LogP) is 3.84. The Bertz CT molecular complexity index is 739. The van der Waals surface area contributed by atoms with Gasteiger partial charge >= 0.3 is 0 Å². The lowest BCUT2D eigenvalue weighted by molar-refractivity contribution is 0.410. The van der Waals surface area contributed by atoms with Crippen molar-refractivity contribution < 1.29 is 4.74 Å². The number of rotatable bonds is 4. The number of hydrogen-bond acceptors (Lipinski definition) is 3. The maximum atomic E-state index is 6.22. The Morgan fingerprint density at radius 1 is 1.30 bits per heavy atom. The minimum absolute atomic E-state index is 0.600. The number of ether oxygens (including phenoxy) is 1. The Kier molecular flexibility index (Phi) is 3.48. The summed E-state index contributed by atoms with van der Waals surface area (Å²) < 4.78 is 5.33. The van der Waals surface area contributed by atoms with Gasteiger partial charge in [-0.3, -0.25) is 5.10 Å². The van der Waals surface area contributed by atoms with E-state index in [0.29, 0.717) is 11.6 Å². The monoisotopic (exact) mass is 287 g/mol. The maximum Gasteiger partial charge on any atom is 0.125 e. The summed E-state index contributed by atoms with van der Waals surface area (Å²) in [5, 5.41) is 12.1. The summed E-state index contributed by atoms with van der Waals surface area (Å²) in [5.41, 5.74) is 2.95. The molecule has 0 amide bonds. The van der Waals surface area contributed by atoms with Gasteiger partial charge in [-0.25, -0.2) is 0 Å². The van der Waals surface area contributed by atoms with Gasteiger partial charge < -0.3 is 10.1 Å². The van der Waals surface area contributed by atoms with Crippen LogP contribution < -0.4 is 10.1 Å². The molecule has 4 nitrogen and oxygen atoms in total. The molecule has 0 spiro atoms. The molecule has 0 aliphatic carbocycles. The summed E-state index contributed by atoms with van der Waals surface area (Å²) in [6.07, 6.45) is 1.80. The summed E-state index contributed by atoms with van der Waals surface area (Å²) in [4.78, 5) is 0. The minimum atomic E-state index is 0.600. The highest BCUT2D eigenvalue weighted by molar-refractivity contribution is 6.31. The second-order valence-corrected chi connectivity index (χ2v) is 4.85. The fourth-order valence-corrected chi connectivity index (χ4v) is 2.37. The van der Waals surface area contributed by atoms with E-state index in [9.17, 15) is 0 Å². The van der Waals surface area contributed by atoms with Gasteiger partial charge in [-0.2, -0.15) is 5.10 Å². The number of anilines is 1. The second-order valence-electron chi connectivity index (χ2n) is 4.45. The van der Waals surface area contributed by atoms with Gasteiger partial charge in [0.1, 0.15) is 5.75 Å². The van der Waals surface area contributed by atoms with Crippen molar-refractivity contribution in [3.05, 3.63) is 53.2 Å². The van der Waals surface area contributed by atoms with Crippen molar-refractivity contribution in [2.45, 2.75) is 6.54 Å². The zero-order valence-corrected chi connectivity index (χ0v) is 11.7. The van der Waals surface area contributed by atoms with Crippen LogP contribution in [0.15, 0.2) is 42.6 Å². The van der Waals surface area contributed by atoms with Gasteiger partial charge in [0, 0.05) is 28.2 Å². The molecule has 5 heteroatoms. The zero-order valence-electron chi connectivity index (χ0n) is 11.0. The van der Waals surface area contributed by atoms with Gasteiger partial charge in [0.25, 0.3) is 0 Å². The Hall–Kier alpha value is -2.20. The molecule has 1 aromatic heterocycles. The van der Waals surface area contributed by atoms with Crippen LogP contribution in [0.1, 0.15) is 5.56 Å². The van der Waals surface area contributed by atoms with Crippen LogP contribution in [0.5, 0.6) is 5.75 Å². The van der Waals surface area contributed by atoms with E-state index in [1.165, 1.54) is 0 Å². The molecule has 2 N–H and O–H groups in total. The van der Waals surface area contributed by atoms with Crippen molar-refractivity contribution in [1.82, 2.24) is 10.2 Å². The fraction of sp³-hybridized carbons (Fsp3) is 0.133. The number of methoxy groups -OCH3 is 1. The van der Waals surface area contributed by atoms with Crippen LogP contribution in [-0.2, 0) is 6.54 Å². The third-order valence-electron chi connectivity index (χ3n) is 3.21. The third kappa shape index (κ3) is 2.42. The number of H-pyrrole nitrogens is 1. The highest BCUT2D eigenvalue weighted by Gasteiger charge is 2.07. The van der Waals surface area contributed by atoms with Crippen LogP contribution in [0.25, 0.3) is 10.9 Å². The molecule has 3 aromatic rings. The second kappa shape index (κ2) is 5.43. The van der Waals surface area contributed by atoms with Crippen molar-refractivity contribution in [2.24, 2.45) is 0 Å². The smallest absolute Gasteiger partial charge is 0.125 e. The largest absolute Gasteiger partial charge is 0.496 e. The van der Waals surface area contributed by atoms with Crippen molar-refractivity contribution in [1.29, 1.82) is 0 Å². The summed E-state index contributed by atoms with van der Waals surface area (Å²) >= 11 is 6.22. The number of nitrogens with zero attached hydrogens (tertiary/aromatic N) is 1. The van der Waals surface area contributed by atoms with Gasteiger partial charge in [-0.15, -0.1) is 0 Å². The molecule has 0 radical (unpaired) electrons. The first kappa shape index (κ1) is 12.8. The van der Waals surface area contributed by atoms with Crippen molar-refractivity contribution in [3.8, 4) is 5.75 Å². The van der Waals surface area contributed by atoms with Gasteiger partial charge in [0.2, 0.25) is 0 Å². The van der Waals surface area contributed by atoms with E-state index in [4.69, 9.17) is 16.3 Å². The molecule has 102 valence electrons. The molecule has 0 atom stereocenters. The van der Waals surface area contributed by atoms with Gasteiger partial charge in [0.05, 0.1) is 18.8 Å². The van der Waals surface area contributed by atoms with E-state index in [1.807, 2.05) is 36.4 Å². The molecule has 0 unspecified atom stereocenters. The summed E-state index contributed by atoms with van der Waals surface area (Å²) in [7, 11) is 1.64. The summed E-state index contributed by atoms with van der Waals surface area (Å²) in [6.45, 7) is 0.600. The normalized spacial score (nSPS) is 10.7. The number of benzene rings is 2. The predicted molar refractivity (Wildman–Crippen MR) is 81.4 cm³/mol. The summed E-state index contributed by atoms with van der Waals surface area (Å²) in [6, 6.07) is 11.7. The van der Waals surface area contributed by atoms with E-state index in [2.05, 4.69) is 15.5 Å². The lowest BCUT2D eigenvalue weighted by atomic mass is 10.2. The Balaban J connectivity index is 1.82.